The molecule has 0 bridgehead atoms. The van der Waals surface area contributed by atoms with E-state index in [1.165, 1.54) is 6.07 Å². The number of halogens is 1. The number of benzene rings is 1. The van der Waals surface area contributed by atoms with Gasteiger partial charge in [0, 0.05) is 5.69 Å². The van der Waals surface area contributed by atoms with Gasteiger partial charge in [-0.1, -0.05) is 6.07 Å². The van der Waals surface area contributed by atoms with E-state index >= 15 is 0 Å². The van der Waals surface area contributed by atoms with Crippen LogP contribution in [0.4, 0.5) is 14.9 Å². The second kappa shape index (κ2) is 8.52. The molecule has 1 saturated carbocycles. The summed E-state index contributed by atoms with van der Waals surface area (Å²) in [6, 6.07) is 4.70. The number of carbonyl (C=O) groups is 2. The van der Waals surface area contributed by atoms with E-state index in [2.05, 4.69) is 5.32 Å². The molecule has 0 aliphatic heterocycles. The average molecular weight is 365 g/mol. The molecular weight excluding hydrogens is 337 g/mol. The number of hydrogen-bond donors (Lipinski definition) is 1. The maximum atomic E-state index is 14.5. The molecule has 1 N–H and O–H groups in total. The lowest BCUT2D eigenvalue weighted by Crippen LogP contribution is -2.27. The first kappa shape index (κ1) is 20.2. The fraction of sp³-hybridized carbons (Fsp3) is 0.600. The van der Waals surface area contributed by atoms with Crippen LogP contribution in [-0.4, -0.2) is 24.3 Å². The minimum absolute atomic E-state index is 0.0799. The zero-order valence-corrected chi connectivity index (χ0v) is 15.9. The monoisotopic (exact) mass is 365 g/mol. The predicted octanol–water partition coefficient (Wildman–Crippen LogP) is 5.01. The lowest BCUT2D eigenvalue weighted by Gasteiger charge is -2.27. The Labute approximate surface area is 154 Å². The van der Waals surface area contributed by atoms with Gasteiger partial charge in [0.2, 0.25) is 0 Å². The normalized spacial score (nSPS) is 20.3. The van der Waals surface area contributed by atoms with Crippen LogP contribution >= 0.6 is 0 Å². The van der Waals surface area contributed by atoms with Gasteiger partial charge in [-0.3, -0.25) is 10.1 Å². The molecule has 144 valence electrons. The summed E-state index contributed by atoms with van der Waals surface area (Å²) in [5.74, 6) is -0.500. The van der Waals surface area contributed by atoms with Gasteiger partial charge in [0.15, 0.2) is 0 Å². The van der Waals surface area contributed by atoms with Crippen molar-refractivity contribution in [2.75, 3.05) is 11.9 Å². The minimum atomic E-state index is -0.611. The Balaban J connectivity index is 1.96. The highest BCUT2D eigenvalue weighted by Gasteiger charge is 2.29. The van der Waals surface area contributed by atoms with Gasteiger partial charge in [-0.2, -0.15) is 0 Å². The van der Waals surface area contributed by atoms with Crippen molar-refractivity contribution in [2.24, 2.45) is 5.92 Å². The zero-order valence-electron chi connectivity index (χ0n) is 15.9. The van der Waals surface area contributed by atoms with Crippen molar-refractivity contribution >= 4 is 17.7 Å². The highest BCUT2D eigenvalue weighted by atomic mass is 19.1. The number of amides is 1. The largest absolute Gasteiger partial charge is 0.466 e. The van der Waals surface area contributed by atoms with Gasteiger partial charge in [0.25, 0.3) is 0 Å². The molecule has 2 rings (SSSR count). The number of nitrogens with one attached hydrogen (secondary N) is 1. The van der Waals surface area contributed by atoms with Gasteiger partial charge in [0.1, 0.15) is 11.4 Å². The molecule has 1 aromatic rings. The van der Waals surface area contributed by atoms with E-state index in [-0.39, 0.29) is 23.6 Å². The third-order valence-electron chi connectivity index (χ3n) is 4.43. The van der Waals surface area contributed by atoms with Crippen LogP contribution in [0.1, 0.15) is 64.9 Å². The third-order valence-corrected chi connectivity index (χ3v) is 4.43. The molecule has 26 heavy (non-hydrogen) atoms. The Morgan fingerprint density at radius 2 is 1.85 bits per heavy atom. The molecule has 0 radical (unpaired) electrons. The van der Waals surface area contributed by atoms with Crippen molar-refractivity contribution in [2.45, 2.75) is 64.9 Å². The second-order valence-electron chi connectivity index (χ2n) is 7.66. The summed E-state index contributed by atoms with van der Waals surface area (Å²) < 4.78 is 24.7. The van der Waals surface area contributed by atoms with Crippen molar-refractivity contribution in [3.8, 4) is 0 Å². The predicted molar refractivity (Wildman–Crippen MR) is 97.6 cm³/mol. The highest BCUT2D eigenvalue weighted by molar-refractivity contribution is 5.84. The summed E-state index contributed by atoms with van der Waals surface area (Å²) in [6.07, 6.45) is 2.31. The van der Waals surface area contributed by atoms with E-state index in [1.807, 2.05) is 0 Å². The molecule has 1 aliphatic carbocycles. The summed E-state index contributed by atoms with van der Waals surface area (Å²) >= 11 is 0. The minimum Gasteiger partial charge on any atom is -0.466 e. The maximum Gasteiger partial charge on any atom is 0.412 e. The summed E-state index contributed by atoms with van der Waals surface area (Å²) in [4.78, 5) is 23.6. The number of carbonyl (C=O) groups excluding carboxylic acids is 2. The topological polar surface area (TPSA) is 64.6 Å². The van der Waals surface area contributed by atoms with Crippen molar-refractivity contribution in [3.63, 3.8) is 0 Å². The molecule has 0 spiro atoms. The quantitative estimate of drug-likeness (QED) is 0.762. The van der Waals surface area contributed by atoms with Crippen LogP contribution in [0.15, 0.2) is 18.2 Å². The molecule has 0 atom stereocenters. The van der Waals surface area contributed by atoms with E-state index in [4.69, 9.17) is 9.47 Å². The van der Waals surface area contributed by atoms with Crippen molar-refractivity contribution in [1.29, 1.82) is 0 Å². The Kier molecular flexibility index (Phi) is 6.62. The molecule has 0 unspecified atom stereocenters. The Morgan fingerprint density at radius 1 is 1.19 bits per heavy atom. The van der Waals surface area contributed by atoms with Crippen LogP contribution in [0.3, 0.4) is 0 Å². The summed E-state index contributed by atoms with van der Waals surface area (Å²) in [5, 5.41) is 2.54. The molecule has 0 aromatic heterocycles. The molecule has 0 saturated heterocycles. The highest BCUT2D eigenvalue weighted by Crippen LogP contribution is 2.37. The van der Waals surface area contributed by atoms with E-state index in [0.717, 1.165) is 12.8 Å². The number of esters is 1. The van der Waals surface area contributed by atoms with Crippen LogP contribution in [-0.2, 0) is 14.3 Å². The van der Waals surface area contributed by atoms with Gasteiger partial charge in [-0.15, -0.1) is 0 Å². The van der Waals surface area contributed by atoms with Crippen LogP contribution < -0.4 is 5.32 Å². The molecule has 1 aromatic carbocycles. The molecular formula is C20H28FNO4. The first-order valence-electron chi connectivity index (χ1n) is 9.15. The number of rotatable bonds is 4. The second-order valence-corrected chi connectivity index (χ2v) is 7.66. The molecule has 1 fully saturated rings. The van der Waals surface area contributed by atoms with E-state index < -0.39 is 11.7 Å². The van der Waals surface area contributed by atoms with Crippen LogP contribution in [0.5, 0.6) is 0 Å². The van der Waals surface area contributed by atoms with Gasteiger partial charge in [-0.25, -0.2) is 9.18 Å². The fourth-order valence-corrected chi connectivity index (χ4v) is 3.26. The first-order chi connectivity index (χ1) is 12.2. The molecule has 1 amide bonds. The maximum absolute atomic E-state index is 14.5. The Bertz CT molecular complexity index is 646. The van der Waals surface area contributed by atoms with Gasteiger partial charge in [-0.05, 0) is 77.0 Å². The van der Waals surface area contributed by atoms with Crippen molar-refractivity contribution < 1.29 is 23.5 Å². The zero-order chi connectivity index (χ0) is 19.3. The van der Waals surface area contributed by atoms with Crippen LogP contribution in [0, 0.1) is 11.7 Å². The summed E-state index contributed by atoms with van der Waals surface area (Å²) in [5.41, 5.74) is 0.378. The fourth-order valence-electron chi connectivity index (χ4n) is 3.26. The smallest absolute Gasteiger partial charge is 0.412 e. The van der Waals surface area contributed by atoms with Gasteiger partial charge < -0.3 is 9.47 Å². The van der Waals surface area contributed by atoms with Crippen molar-refractivity contribution in [3.05, 3.63) is 29.6 Å². The Morgan fingerprint density at radius 3 is 2.38 bits per heavy atom. The van der Waals surface area contributed by atoms with Crippen LogP contribution in [0.2, 0.25) is 0 Å². The summed E-state index contributed by atoms with van der Waals surface area (Å²) in [7, 11) is 0. The molecule has 1 aliphatic rings. The SMILES string of the molecule is CCOC(=O)C1CCC(c2ccc(NC(=O)OC(C)(C)C)cc2F)CC1. The number of hydrogen-bond acceptors (Lipinski definition) is 4. The first-order valence-corrected chi connectivity index (χ1v) is 9.15. The molecule has 6 heteroatoms. The molecule has 5 nitrogen and oxygen atoms in total. The van der Waals surface area contributed by atoms with Gasteiger partial charge >= 0.3 is 12.1 Å². The number of anilines is 1. The van der Waals surface area contributed by atoms with E-state index in [9.17, 15) is 14.0 Å². The Hall–Kier alpha value is -2.11. The standard InChI is InChI=1S/C20H28FNO4/c1-5-25-18(23)14-8-6-13(7-9-14)16-11-10-15(12-17(16)21)22-19(24)26-20(2,3)4/h10-14H,5-9H2,1-4H3,(H,22,24). The van der Waals surface area contributed by atoms with Gasteiger partial charge in [0.05, 0.1) is 12.5 Å². The lowest BCUT2D eigenvalue weighted by molar-refractivity contribution is -0.149. The average Bonchev–Trinajstić information content (AvgIpc) is 2.53. The lowest BCUT2D eigenvalue weighted by atomic mass is 9.78. The third kappa shape index (κ3) is 5.71. The van der Waals surface area contributed by atoms with Crippen molar-refractivity contribution in [1.82, 2.24) is 0 Å². The number of ether oxygens (including phenoxy) is 2. The van der Waals surface area contributed by atoms with E-state index in [1.54, 1.807) is 39.8 Å². The van der Waals surface area contributed by atoms with E-state index in [0.29, 0.717) is 30.7 Å². The van der Waals surface area contributed by atoms with Crippen LogP contribution in [0.25, 0.3) is 0 Å². The summed E-state index contributed by atoms with van der Waals surface area (Å²) in [6.45, 7) is 7.49. The molecule has 0 heterocycles.